The van der Waals surface area contributed by atoms with E-state index in [9.17, 15) is 9.90 Å². The first-order valence-corrected chi connectivity index (χ1v) is 13.4. The molecular formula is C30H48O2. The van der Waals surface area contributed by atoms with E-state index in [2.05, 4.69) is 53.7 Å². The van der Waals surface area contributed by atoms with Crippen LogP contribution in [0.4, 0.5) is 0 Å². The normalized spacial score (nSPS) is 46.5. The van der Waals surface area contributed by atoms with Crippen molar-refractivity contribution in [2.24, 2.45) is 45.3 Å². The highest BCUT2D eigenvalue weighted by molar-refractivity contribution is 5.71. The van der Waals surface area contributed by atoms with Crippen LogP contribution in [0.1, 0.15) is 106 Å². The van der Waals surface area contributed by atoms with Crippen molar-refractivity contribution in [1.82, 2.24) is 0 Å². The average Bonchev–Trinajstić information content (AvgIpc) is 3.02. The molecule has 4 aliphatic rings. The number of aldehydes is 1. The SMILES string of the molecule is C/C(C=O)=C/CC[C@H](C)[C@@H]1CC[C@]2(C)C3=CC[C@H]4C(C)(C)[C@H](O)CC[C@]4(C)C3CC[C@@]12C. The third-order valence-electron chi connectivity index (χ3n) is 11.8. The maximum Gasteiger partial charge on any atom is 0.145 e. The molecule has 2 nitrogen and oxygen atoms in total. The molecule has 0 aromatic heterocycles. The average molecular weight is 441 g/mol. The van der Waals surface area contributed by atoms with E-state index >= 15 is 0 Å². The van der Waals surface area contributed by atoms with Crippen LogP contribution in [-0.2, 0) is 4.79 Å². The molecule has 1 unspecified atom stereocenters. The van der Waals surface area contributed by atoms with Crippen molar-refractivity contribution < 1.29 is 9.90 Å². The van der Waals surface area contributed by atoms with Gasteiger partial charge in [0.1, 0.15) is 6.29 Å². The molecule has 3 saturated carbocycles. The number of rotatable bonds is 5. The molecule has 0 amide bonds. The Bertz CT molecular complexity index is 806. The van der Waals surface area contributed by atoms with E-state index in [-0.39, 0.29) is 11.5 Å². The minimum atomic E-state index is -0.159. The number of aliphatic hydroxyl groups is 1. The van der Waals surface area contributed by atoms with Gasteiger partial charge in [-0.3, -0.25) is 4.79 Å². The fourth-order valence-corrected chi connectivity index (χ4v) is 9.48. The molecule has 8 atom stereocenters. The van der Waals surface area contributed by atoms with Crippen molar-refractivity contribution in [3.63, 3.8) is 0 Å². The number of aliphatic hydroxyl groups excluding tert-OH is 1. The molecule has 0 radical (unpaired) electrons. The number of hydrogen-bond donors (Lipinski definition) is 1. The van der Waals surface area contributed by atoms with Crippen molar-refractivity contribution in [2.45, 2.75) is 112 Å². The fraction of sp³-hybridized carbons (Fsp3) is 0.833. The summed E-state index contributed by atoms with van der Waals surface area (Å²) >= 11 is 0. The van der Waals surface area contributed by atoms with Gasteiger partial charge < -0.3 is 5.11 Å². The lowest BCUT2D eigenvalue weighted by Crippen LogP contribution is -2.58. The largest absolute Gasteiger partial charge is 0.393 e. The van der Waals surface area contributed by atoms with Gasteiger partial charge in [0.25, 0.3) is 0 Å². The van der Waals surface area contributed by atoms with Gasteiger partial charge in [-0.1, -0.05) is 59.3 Å². The summed E-state index contributed by atoms with van der Waals surface area (Å²) in [5.41, 5.74) is 3.71. The standard InChI is InChI=1S/C30H48O2/c1-20(19-31)9-8-10-21(2)22-13-17-30(7)24-11-12-25-27(3,4)26(32)15-16-28(25,5)23(24)14-18-29(22,30)6/h9,11,19,21-23,25-26,32H,8,10,12-18H2,1-7H3/b20-9-/t21-,22-,23?,25-,26+,28+,29-,30+/m0/s1. The Morgan fingerprint density at radius 2 is 1.84 bits per heavy atom. The molecule has 4 aliphatic carbocycles. The lowest BCUT2D eigenvalue weighted by atomic mass is 9.41. The molecule has 4 rings (SSSR count). The number of carbonyl (C=O) groups excluding carboxylic acids is 1. The molecule has 0 saturated heterocycles. The molecule has 180 valence electrons. The summed E-state index contributed by atoms with van der Waals surface area (Å²) in [6, 6.07) is 0. The van der Waals surface area contributed by atoms with E-state index in [0.29, 0.717) is 34.0 Å². The number of allylic oxidation sites excluding steroid dienone is 4. The zero-order chi connectivity index (χ0) is 23.5. The van der Waals surface area contributed by atoms with Crippen LogP contribution >= 0.6 is 0 Å². The quantitative estimate of drug-likeness (QED) is 0.273. The number of fused-ring (bicyclic) bond motifs is 5. The lowest BCUT2D eigenvalue weighted by Gasteiger charge is -2.64. The Hall–Kier alpha value is -0.890. The molecular weight excluding hydrogens is 392 g/mol. The fourth-order valence-electron chi connectivity index (χ4n) is 9.48. The van der Waals surface area contributed by atoms with E-state index < -0.39 is 0 Å². The molecule has 0 aromatic carbocycles. The Labute approximate surface area is 197 Å². The number of carbonyl (C=O) groups is 1. The van der Waals surface area contributed by atoms with E-state index in [0.717, 1.165) is 37.0 Å². The Morgan fingerprint density at radius 3 is 2.53 bits per heavy atom. The van der Waals surface area contributed by atoms with Crippen LogP contribution < -0.4 is 0 Å². The molecule has 0 aromatic rings. The Balaban J connectivity index is 1.60. The van der Waals surface area contributed by atoms with Crippen LogP contribution in [0.25, 0.3) is 0 Å². The predicted octanol–water partition coefficient (Wildman–Crippen LogP) is 7.51. The second kappa shape index (κ2) is 8.10. The molecule has 0 bridgehead atoms. The van der Waals surface area contributed by atoms with Crippen LogP contribution in [0.2, 0.25) is 0 Å². The summed E-state index contributed by atoms with van der Waals surface area (Å²) in [5, 5.41) is 10.8. The van der Waals surface area contributed by atoms with Crippen molar-refractivity contribution in [1.29, 1.82) is 0 Å². The van der Waals surface area contributed by atoms with Gasteiger partial charge in [0.05, 0.1) is 6.10 Å². The lowest BCUT2D eigenvalue weighted by molar-refractivity contribution is -0.131. The van der Waals surface area contributed by atoms with E-state index in [1.807, 2.05) is 6.92 Å². The minimum Gasteiger partial charge on any atom is -0.393 e. The molecule has 32 heavy (non-hydrogen) atoms. The molecule has 0 spiro atoms. The van der Waals surface area contributed by atoms with Crippen molar-refractivity contribution in [3.8, 4) is 0 Å². The van der Waals surface area contributed by atoms with Crippen molar-refractivity contribution in [3.05, 3.63) is 23.3 Å². The predicted molar refractivity (Wildman–Crippen MR) is 133 cm³/mol. The van der Waals surface area contributed by atoms with Gasteiger partial charge in [-0.15, -0.1) is 0 Å². The van der Waals surface area contributed by atoms with Gasteiger partial charge in [0, 0.05) is 0 Å². The molecule has 3 fully saturated rings. The molecule has 0 heterocycles. The van der Waals surface area contributed by atoms with E-state index in [4.69, 9.17) is 0 Å². The van der Waals surface area contributed by atoms with Gasteiger partial charge in [0.15, 0.2) is 0 Å². The smallest absolute Gasteiger partial charge is 0.145 e. The van der Waals surface area contributed by atoms with Crippen LogP contribution in [0.3, 0.4) is 0 Å². The highest BCUT2D eigenvalue weighted by Crippen LogP contribution is 2.73. The third kappa shape index (κ3) is 3.33. The zero-order valence-corrected chi connectivity index (χ0v) is 21.8. The first-order valence-electron chi connectivity index (χ1n) is 13.4. The van der Waals surface area contributed by atoms with Gasteiger partial charge >= 0.3 is 0 Å². The van der Waals surface area contributed by atoms with E-state index in [1.54, 1.807) is 5.57 Å². The van der Waals surface area contributed by atoms with Crippen molar-refractivity contribution >= 4 is 6.29 Å². The first kappa shape index (κ1) is 24.2. The van der Waals surface area contributed by atoms with Gasteiger partial charge in [-0.2, -0.15) is 0 Å². The van der Waals surface area contributed by atoms with Crippen LogP contribution in [0.5, 0.6) is 0 Å². The van der Waals surface area contributed by atoms with Gasteiger partial charge in [0.2, 0.25) is 0 Å². The summed E-state index contributed by atoms with van der Waals surface area (Å²) in [4.78, 5) is 10.9. The Morgan fingerprint density at radius 1 is 1.12 bits per heavy atom. The Kier molecular flexibility index (Phi) is 6.14. The summed E-state index contributed by atoms with van der Waals surface area (Å²) < 4.78 is 0. The van der Waals surface area contributed by atoms with E-state index in [1.165, 1.54) is 38.5 Å². The topological polar surface area (TPSA) is 37.3 Å². The third-order valence-corrected chi connectivity index (χ3v) is 11.8. The summed E-state index contributed by atoms with van der Waals surface area (Å²) in [6.07, 6.45) is 16.5. The molecule has 1 N–H and O–H groups in total. The van der Waals surface area contributed by atoms with Crippen LogP contribution in [0.15, 0.2) is 23.3 Å². The van der Waals surface area contributed by atoms with Gasteiger partial charge in [-0.05, 0) is 116 Å². The summed E-state index contributed by atoms with van der Waals surface area (Å²) in [6.45, 7) is 16.8. The van der Waals surface area contributed by atoms with Crippen LogP contribution in [-0.4, -0.2) is 17.5 Å². The number of hydrogen-bond acceptors (Lipinski definition) is 2. The zero-order valence-electron chi connectivity index (χ0n) is 21.8. The second-order valence-corrected chi connectivity index (χ2v) is 13.4. The first-order chi connectivity index (χ1) is 14.9. The van der Waals surface area contributed by atoms with Crippen LogP contribution in [0, 0.1) is 45.3 Å². The maximum atomic E-state index is 10.9. The molecule has 2 heteroatoms. The second-order valence-electron chi connectivity index (χ2n) is 13.4. The van der Waals surface area contributed by atoms with Gasteiger partial charge in [-0.25, -0.2) is 0 Å². The highest BCUT2D eigenvalue weighted by Gasteiger charge is 2.65. The maximum absolute atomic E-state index is 10.9. The molecule has 0 aliphatic heterocycles. The summed E-state index contributed by atoms with van der Waals surface area (Å²) in [7, 11) is 0. The highest BCUT2D eigenvalue weighted by atomic mass is 16.3. The van der Waals surface area contributed by atoms with Crippen molar-refractivity contribution in [2.75, 3.05) is 0 Å². The summed E-state index contributed by atoms with van der Waals surface area (Å²) in [5.74, 6) is 2.75. The minimum absolute atomic E-state index is 0.0105. The monoisotopic (exact) mass is 440 g/mol.